The number of hydrogen-bond donors (Lipinski definition) is 2. The Labute approximate surface area is 137 Å². The van der Waals surface area contributed by atoms with Gasteiger partial charge in [-0.05, 0) is 36.1 Å². The van der Waals surface area contributed by atoms with Crippen LogP contribution in [0.25, 0.3) is 11.1 Å². The lowest BCUT2D eigenvalue weighted by Gasteiger charge is -2.28. The molecular formula is C18H17F3O3. The van der Waals surface area contributed by atoms with Crippen LogP contribution in [0.15, 0.2) is 42.5 Å². The SMILES string of the molecule is OCCCCOc1ccc2c(c1)C(O)(C(F)(F)F)c1ccccc1-2. The van der Waals surface area contributed by atoms with Crippen LogP contribution in [0.5, 0.6) is 5.75 Å². The largest absolute Gasteiger partial charge is 0.494 e. The molecule has 6 heteroatoms. The second-order valence-electron chi connectivity index (χ2n) is 5.74. The van der Waals surface area contributed by atoms with E-state index in [-0.39, 0.29) is 30.1 Å². The molecule has 0 fully saturated rings. The fourth-order valence-corrected chi connectivity index (χ4v) is 3.04. The molecule has 0 saturated carbocycles. The Hall–Kier alpha value is -2.05. The van der Waals surface area contributed by atoms with E-state index < -0.39 is 11.8 Å². The van der Waals surface area contributed by atoms with Gasteiger partial charge >= 0.3 is 6.18 Å². The van der Waals surface area contributed by atoms with Gasteiger partial charge in [0.1, 0.15) is 5.75 Å². The molecule has 3 nitrogen and oxygen atoms in total. The Morgan fingerprint density at radius 2 is 1.67 bits per heavy atom. The van der Waals surface area contributed by atoms with Crippen molar-refractivity contribution in [1.29, 1.82) is 0 Å². The standard InChI is InChI=1S/C18H17F3O3/c19-18(20,21)17(23)15-6-2-1-5-13(15)14-8-7-12(11-16(14)17)24-10-4-3-9-22/h1-2,5-8,11,22-23H,3-4,9-10H2. The molecule has 1 atom stereocenters. The summed E-state index contributed by atoms with van der Waals surface area (Å²) < 4.78 is 46.5. The third-order valence-electron chi connectivity index (χ3n) is 4.22. The van der Waals surface area contributed by atoms with E-state index in [9.17, 15) is 18.3 Å². The van der Waals surface area contributed by atoms with Gasteiger partial charge in [-0.2, -0.15) is 13.2 Å². The highest BCUT2D eigenvalue weighted by molar-refractivity contribution is 5.81. The summed E-state index contributed by atoms with van der Waals surface area (Å²) >= 11 is 0. The monoisotopic (exact) mass is 338 g/mol. The van der Waals surface area contributed by atoms with E-state index in [4.69, 9.17) is 9.84 Å². The maximum atomic E-state index is 13.7. The van der Waals surface area contributed by atoms with Crippen LogP contribution in [-0.4, -0.2) is 29.6 Å². The molecular weight excluding hydrogens is 321 g/mol. The summed E-state index contributed by atoms with van der Waals surface area (Å²) in [6, 6.07) is 10.4. The van der Waals surface area contributed by atoms with E-state index in [0.717, 1.165) is 0 Å². The van der Waals surface area contributed by atoms with Crippen molar-refractivity contribution in [3.05, 3.63) is 53.6 Å². The van der Waals surface area contributed by atoms with Gasteiger partial charge in [-0.3, -0.25) is 0 Å². The number of hydrogen-bond acceptors (Lipinski definition) is 3. The van der Waals surface area contributed by atoms with Crippen LogP contribution < -0.4 is 4.74 Å². The molecule has 2 aromatic rings. The van der Waals surface area contributed by atoms with Gasteiger partial charge in [-0.15, -0.1) is 0 Å². The van der Waals surface area contributed by atoms with Crippen molar-refractivity contribution in [3.8, 4) is 16.9 Å². The lowest BCUT2D eigenvalue weighted by molar-refractivity contribution is -0.246. The van der Waals surface area contributed by atoms with Crippen LogP contribution in [0.1, 0.15) is 24.0 Å². The molecule has 128 valence electrons. The van der Waals surface area contributed by atoms with Crippen molar-refractivity contribution in [2.24, 2.45) is 0 Å². The number of halogens is 3. The number of ether oxygens (including phenoxy) is 1. The maximum absolute atomic E-state index is 13.7. The number of unbranched alkanes of at least 4 members (excludes halogenated alkanes) is 1. The number of alkyl halides is 3. The summed E-state index contributed by atoms with van der Waals surface area (Å²) in [4.78, 5) is 0. The zero-order valence-electron chi connectivity index (χ0n) is 12.8. The molecule has 1 aliphatic carbocycles. The minimum absolute atomic E-state index is 0.0384. The number of fused-ring (bicyclic) bond motifs is 3. The normalized spacial score (nSPS) is 19.0. The molecule has 24 heavy (non-hydrogen) atoms. The van der Waals surface area contributed by atoms with E-state index in [0.29, 0.717) is 24.0 Å². The van der Waals surface area contributed by atoms with Gasteiger partial charge in [0.15, 0.2) is 0 Å². The summed E-state index contributed by atoms with van der Waals surface area (Å²) in [5.74, 6) is 0.266. The number of aliphatic hydroxyl groups excluding tert-OH is 1. The summed E-state index contributed by atoms with van der Waals surface area (Å²) in [6.07, 6.45) is -3.69. The fourth-order valence-electron chi connectivity index (χ4n) is 3.04. The lowest BCUT2D eigenvalue weighted by atomic mass is 9.91. The van der Waals surface area contributed by atoms with Gasteiger partial charge in [0.2, 0.25) is 5.60 Å². The minimum atomic E-state index is -4.84. The van der Waals surface area contributed by atoms with Gasteiger partial charge in [-0.1, -0.05) is 30.3 Å². The molecule has 0 radical (unpaired) electrons. The first-order valence-corrected chi connectivity index (χ1v) is 7.66. The molecule has 2 aromatic carbocycles. The molecule has 0 aliphatic heterocycles. The summed E-state index contributed by atoms with van der Waals surface area (Å²) in [5, 5.41) is 19.3. The van der Waals surface area contributed by atoms with E-state index in [2.05, 4.69) is 0 Å². The smallest absolute Gasteiger partial charge is 0.425 e. The molecule has 1 aliphatic rings. The average molecular weight is 338 g/mol. The molecule has 2 N–H and O–H groups in total. The molecule has 0 saturated heterocycles. The van der Waals surface area contributed by atoms with Crippen molar-refractivity contribution >= 4 is 0 Å². The second-order valence-corrected chi connectivity index (χ2v) is 5.74. The summed E-state index contributed by atoms with van der Waals surface area (Å²) in [5.41, 5.74) is -2.68. The Morgan fingerprint density at radius 1 is 0.958 bits per heavy atom. The van der Waals surface area contributed by atoms with E-state index in [1.54, 1.807) is 24.3 Å². The van der Waals surface area contributed by atoms with E-state index in [1.807, 2.05) is 0 Å². The highest BCUT2D eigenvalue weighted by atomic mass is 19.4. The minimum Gasteiger partial charge on any atom is -0.494 e. The Morgan fingerprint density at radius 3 is 2.38 bits per heavy atom. The first-order valence-electron chi connectivity index (χ1n) is 7.66. The molecule has 1 unspecified atom stereocenters. The van der Waals surface area contributed by atoms with Crippen molar-refractivity contribution in [3.63, 3.8) is 0 Å². The third-order valence-corrected chi connectivity index (χ3v) is 4.22. The Balaban J connectivity index is 2.02. The molecule has 0 aromatic heterocycles. The van der Waals surface area contributed by atoms with Gasteiger partial charge in [0.05, 0.1) is 6.61 Å². The van der Waals surface area contributed by atoms with Crippen LogP contribution in [0.3, 0.4) is 0 Å². The van der Waals surface area contributed by atoms with Crippen LogP contribution in [0, 0.1) is 0 Å². The van der Waals surface area contributed by atoms with Crippen molar-refractivity contribution in [2.75, 3.05) is 13.2 Å². The van der Waals surface area contributed by atoms with E-state index >= 15 is 0 Å². The number of aliphatic hydroxyl groups is 2. The van der Waals surface area contributed by atoms with Crippen LogP contribution in [0.4, 0.5) is 13.2 Å². The van der Waals surface area contributed by atoms with Crippen LogP contribution in [-0.2, 0) is 5.60 Å². The van der Waals surface area contributed by atoms with Crippen molar-refractivity contribution < 1.29 is 28.1 Å². The van der Waals surface area contributed by atoms with Gasteiger partial charge in [-0.25, -0.2) is 0 Å². The summed E-state index contributed by atoms with van der Waals surface area (Å²) in [7, 11) is 0. The first kappa shape index (κ1) is 16.8. The molecule has 0 bridgehead atoms. The van der Waals surface area contributed by atoms with Crippen molar-refractivity contribution in [2.45, 2.75) is 24.6 Å². The fraction of sp³-hybridized carbons (Fsp3) is 0.333. The predicted molar refractivity (Wildman–Crippen MR) is 82.7 cm³/mol. The predicted octanol–water partition coefficient (Wildman–Crippen LogP) is 3.62. The van der Waals surface area contributed by atoms with Gasteiger partial charge in [0, 0.05) is 17.7 Å². The Bertz CT molecular complexity index is 743. The van der Waals surface area contributed by atoms with E-state index in [1.165, 1.54) is 18.2 Å². The molecule has 3 rings (SSSR count). The third kappa shape index (κ3) is 2.56. The zero-order chi connectivity index (χ0) is 17.4. The highest BCUT2D eigenvalue weighted by Crippen LogP contribution is 2.55. The van der Waals surface area contributed by atoms with Gasteiger partial charge in [0.25, 0.3) is 0 Å². The van der Waals surface area contributed by atoms with Gasteiger partial charge < -0.3 is 14.9 Å². The molecule has 0 amide bonds. The number of benzene rings is 2. The van der Waals surface area contributed by atoms with Crippen LogP contribution >= 0.6 is 0 Å². The van der Waals surface area contributed by atoms with Crippen molar-refractivity contribution in [1.82, 2.24) is 0 Å². The highest BCUT2D eigenvalue weighted by Gasteiger charge is 2.60. The number of rotatable bonds is 5. The topological polar surface area (TPSA) is 49.7 Å². The summed E-state index contributed by atoms with van der Waals surface area (Å²) in [6.45, 7) is 0.327. The van der Waals surface area contributed by atoms with Crippen LogP contribution in [0.2, 0.25) is 0 Å². The zero-order valence-corrected chi connectivity index (χ0v) is 12.8. The first-order chi connectivity index (χ1) is 11.4. The lowest BCUT2D eigenvalue weighted by Crippen LogP contribution is -2.41. The molecule has 0 spiro atoms. The Kier molecular flexibility index (Phi) is 4.27. The molecule has 0 heterocycles. The quantitative estimate of drug-likeness (QED) is 0.819. The average Bonchev–Trinajstić information content (AvgIpc) is 2.82. The second kappa shape index (κ2) is 6.11. The maximum Gasteiger partial charge on any atom is 0.425 e.